The minimum absolute atomic E-state index is 0.228. The monoisotopic (exact) mass is 203 g/mol. The van der Waals surface area contributed by atoms with Crippen LogP contribution in [0.4, 0.5) is 5.69 Å². The number of hydrogen-bond acceptors (Lipinski definition) is 1. The van der Waals surface area contributed by atoms with Gasteiger partial charge in [0.25, 0.3) is 0 Å². The number of carbonyl (C=O) groups excluding carboxylic acids is 1. The maximum absolute atomic E-state index is 11.5. The van der Waals surface area contributed by atoms with E-state index in [-0.39, 0.29) is 5.91 Å². The van der Waals surface area contributed by atoms with Crippen molar-refractivity contribution in [2.75, 3.05) is 11.9 Å². The van der Waals surface area contributed by atoms with Crippen molar-refractivity contribution in [2.45, 2.75) is 32.6 Å². The van der Waals surface area contributed by atoms with Gasteiger partial charge < -0.3 is 4.90 Å². The number of anilines is 1. The number of nitrogens with zero attached hydrogens (tertiary/aromatic N) is 1. The van der Waals surface area contributed by atoms with Gasteiger partial charge in [-0.3, -0.25) is 4.79 Å². The molecular formula is C13H17NO. The van der Waals surface area contributed by atoms with Crippen molar-refractivity contribution in [1.29, 1.82) is 0 Å². The molecule has 0 aromatic heterocycles. The molecule has 0 saturated carbocycles. The first-order valence-electron chi connectivity index (χ1n) is 5.60. The maximum Gasteiger partial charge on any atom is 0.227 e. The van der Waals surface area contributed by atoms with Crippen molar-refractivity contribution in [2.24, 2.45) is 0 Å². The number of fused-ring (bicyclic) bond motifs is 1. The first kappa shape index (κ1) is 10.2. The first-order valence-corrected chi connectivity index (χ1v) is 5.60. The van der Waals surface area contributed by atoms with Gasteiger partial charge in [-0.25, -0.2) is 0 Å². The van der Waals surface area contributed by atoms with Crippen LogP contribution in [0.25, 0.3) is 0 Å². The fourth-order valence-electron chi connectivity index (χ4n) is 2.15. The summed E-state index contributed by atoms with van der Waals surface area (Å²) >= 11 is 0. The zero-order valence-electron chi connectivity index (χ0n) is 9.42. The number of benzene rings is 1. The predicted molar refractivity (Wildman–Crippen MR) is 62.2 cm³/mol. The Morgan fingerprint density at radius 1 is 1.33 bits per heavy atom. The van der Waals surface area contributed by atoms with Gasteiger partial charge in [-0.2, -0.15) is 0 Å². The molecule has 2 rings (SSSR count). The topological polar surface area (TPSA) is 20.3 Å². The number of aryl methyl sites for hydroxylation is 2. The van der Waals surface area contributed by atoms with Crippen molar-refractivity contribution in [3.63, 3.8) is 0 Å². The third kappa shape index (κ3) is 1.89. The molecule has 1 aromatic carbocycles. The molecule has 1 aromatic rings. The molecule has 2 nitrogen and oxygen atoms in total. The minimum Gasteiger partial charge on any atom is -0.315 e. The molecule has 0 radical (unpaired) electrons. The zero-order valence-corrected chi connectivity index (χ0v) is 9.42. The van der Waals surface area contributed by atoms with Crippen LogP contribution in [0.15, 0.2) is 18.2 Å². The minimum atomic E-state index is 0.228. The SMILES string of the molecule is CCCc1ccc2c(c1)CCC(=O)N2C. The fourth-order valence-corrected chi connectivity index (χ4v) is 2.15. The Morgan fingerprint density at radius 2 is 2.13 bits per heavy atom. The van der Waals surface area contributed by atoms with Gasteiger partial charge in [0.2, 0.25) is 5.91 Å². The Labute approximate surface area is 90.9 Å². The van der Waals surface area contributed by atoms with E-state index in [2.05, 4.69) is 25.1 Å². The van der Waals surface area contributed by atoms with Crippen LogP contribution in [-0.2, 0) is 17.6 Å². The Morgan fingerprint density at radius 3 is 2.87 bits per heavy atom. The molecule has 0 atom stereocenters. The van der Waals surface area contributed by atoms with Crippen molar-refractivity contribution in [1.82, 2.24) is 0 Å². The molecule has 1 aliphatic heterocycles. The van der Waals surface area contributed by atoms with Gasteiger partial charge in [-0.1, -0.05) is 25.5 Å². The summed E-state index contributed by atoms with van der Waals surface area (Å²) in [6, 6.07) is 6.47. The fraction of sp³-hybridized carbons (Fsp3) is 0.462. The van der Waals surface area contributed by atoms with Crippen LogP contribution in [0.3, 0.4) is 0 Å². The van der Waals surface area contributed by atoms with Crippen LogP contribution in [0.5, 0.6) is 0 Å². The number of hydrogen-bond donors (Lipinski definition) is 0. The molecule has 0 unspecified atom stereocenters. The Hall–Kier alpha value is -1.31. The number of rotatable bonds is 2. The normalized spacial score (nSPS) is 15.3. The van der Waals surface area contributed by atoms with E-state index in [1.54, 1.807) is 4.90 Å². The smallest absolute Gasteiger partial charge is 0.227 e. The van der Waals surface area contributed by atoms with E-state index in [0.29, 0.717) is 6.42 Å². The summed E-state index contributed by atoms with van der Waals surface area (Å²) in [6.45, 7) is 2.19. The molecule has 1 amide bonds. The van der Waals surface area contributed by atoms with Crippen LogP contribution in [-0.4, -0.2) is 13.0 Å². The van der Waals surface area contributed by atoms with E-state index in [1.807, 2.05) is 7.05 Å². The lowest BCUT2D eigenvalue weighted by atomic mass is 9.98. The van der Waals surface area contributed by atoms with Gasteiger partial charge in [0.05, 0.1) is 0 Å². The van der Waals surface area contributed by atoms with Gasteiger partial charge in [0, 0.05) is 19.2 Å². The molecule has 1 aliphatic rings. The molecule has 0 N–H and O–H groups in total. The van der Waals surface area contributed by atoms with E-state index in [0.717, 1.165) is 18.5 Å². The summed E-state index contributed by atoms with van der Waals surface area (Å²) in [6.07, 6.45) is 3.85. The molecular weight excluding hydrogens is 186 g/mol. The van der Waals surface area contributed by atoms with Gasteiger partial charge in [0.15, 0.2) is 0 Å². The van der Waals surface area contributed by atoms with Gasteiger partial charge in [0.1, 0.15) is 0 Å². The molecule has 15 heavy (non-hydrogen) atoms. The van der Waals surface area contributed by atoms with Crippen LogP contribution < -0.4 is 4.90 Å². The Balaban J connectivity index is 2.34. The quantitative estimate of drug-likeness (QED) is 0.723. The lowest BCUT2D eigenvalue weighted by Gasteiger charge is -2.26. The van der Waals surface area contributed by atoms with E-state index >= 15 is 0 Å². The summed E-state index contributed by atoms with van der Waals surface area (Å²) in [7, 11) is 1.86. The average Bonchev–Trinajstić information content (AvgIpc) is 2.24. The van der Waals surface area contributed by atoms with Crippen molar-refractivity contribution < 1.29 is 4.79 Å². The molecule has 80 valence electrons. The second-order valence-corrected chi connectivity index (χ2v) is 4.17. The van der Waals surface area contributed by atoms with Crippen LogP contribution in [0, 0.1) is 0 Å². The summed E-state index contributed by atoms with van der Waals surface area (Å²) in [5, 5.41) is 0. The molecule has 2 heteroatoms. The van der Waals surface area contributed by atoms with Gasteiger partial charge in [-0.05, 0) is 30.0 Å². The lowest BCUT2D eigenvalue weighted by Crippen LogP contribution is -2.31. The second-order valence-electron chi connectivity index (χ2n) is 4.17. The molecule has 0 spiro atoms. The molecule has 0 aliphatic carbocycles. The maximum atomic E-state index is 11.5. The van der Waals surface area contributed by atoms with Crippen LogP contribution >= 0.6 is 0 Å². The average molecular weight is 203 g/mol. The summed E-state index contributed by atoms with van der Waals surface area (Å²) in [5.74, 6) is 0.228. The van der Waals surface area contributed by atoms with Crippen molar-refractivity contribution in [3.05, 3.63) is 29.3 Å². The van der Waals surface area contributed by atoms with E-state index in [1.165, 1.54) is 17.5 Å². The third-order valence-corrected chi connectivity index (χ3v) is 3.03. The van der Waals surface area contributed by atoms with Gasteiger partial charge >= 0.3 is 0 Å². The number of carbonyl (C=O) groups is 1. The highest BCUT2D eigenvalue weighted by Crippen LogP contribution is 2.27. The largest absolute Gasteiger partial charge is 0.315 e. The molecule has 0 bridgehead atoms. The predicted octanol–water partition coefficient (Wildman–Crippen LogP) is 2.55. The zero-order chi connectivity index (χ0) is 10.8. The second kappa shape index (κ2) is 4.05. The Bertz CT molecular complexity index is 384. The highest BCUT2D eigenvalue weighted by molar-refractivity contribution is 5.95. The highest BCUT2D eigenvalue weighted by Gasteiger charge is 2.20. The molecule has 1 heterocycles. The Kier molecular flexibility index (Phi) is 2.76. The third-order valence-electron chi connectivity index (χ3n) is 3.03. The van der Waals surface area contributed by atoms with Crippen LogP contribution in [0.1, 0.15) is 30.9 Å². The summed E-state index contributed by atoms with van der Waals surface area (Å²) in [4.78, 5) is 13.3. The van der Waals surface area contributed by atoms with Crippen molar-refractivity contribution >= 4 is 11.6 Å². The van der Waals surface area contributed by atoms with E-state index in [4.69, 9.17) is 0 Å². The standard InChI is InChI=1S/C13H17NO/c1-3-4-10-5-7-12-11(9-10)6-8-13(15)14(12)2/h5,7,9H,3-4,6,8H2,1-2H3. The first-order chi connectivity index (χ1) is 7.22. The molecule has 0 saturated heterocycles. The van der Waals surface area contributed by atoms with E-state index in [9.17, 15) is 4.79 Å². The lowest BCUT2D eigenvalue weighted by molar-refractivity contribution is -0.118. The molecule has 0 fully saturated rings. The highest BCUT2D eigenvalue weighted by atomic mass is 16.2. The van der Waals surface area contributed by atoms with E-state index < -0.39 is 0 Å². The van der Waals surface area contributed by atoms with Gasteiger partial charge in [-0.15, -0.1) is 0 Å². The van der Waals surface area contributed by atoms with Crippen molar-refractivity contribution in [3.8, 4) is 0 Å². The summed E-state index contributed by atoms with van der Waals surface area (Å²) in [5.41, 5.74) is 3.80. The van der Waals surface area contributed by atoms with Crippen LogP contribution in [0.2, 0.25) is 0 Å². The number of amides is 1. The summed E-state index contributed by atoms with van der Waals surface area (Å²) < 4.78 is 0.